The highest BCUT2D eigenvalue weighted by Gasteiger charge is 2.50. The molecule has 164 valence electrons. The van der Waals surface area contributed by atoms with Gasteiger partial charge in [0.25, 0.3) is 0 Å². The van der Waals surface area contributed by atoms with Gasteiger partial charge in [0.15, 0.2) is 12.4 Å². The fourth-order valence-corrected chi connectivity index (χ4v) is 4.25. The normalized spacial score (nSPS) is 21.9. The fraction of sp³-hybridized carbons (Fsp3) is 0.280. The molecule has 0 N–H and O–H groups in total. The minimum absolute atomic E-state index is 0.0210. The van der Waals surface area contributed by atoms with Crippen LogP contribution in [0.15, 0.2) is 60.7 Å². The van der Waals surface area contributed by atoms with Crippen molar-refractivity contribution in [3.63, 3.8) is 0 Å². The maximum Gasteiger partial charge on any atom is 0.338 e. The zero-order valence-electron chi connectivity index (χ0n) is 17.8. The van der Waals surface area contributed by atoms with Gasteiger partial charge >= 0.3 is 5.97 Å². The highest BCUT2D eigenvalue weighted by atomic mass is 16.5. The number of benzene rings is 2. The third kappa shape index (κ3) is 3.93. The summed E-state index contributed by atoms with van der Waals surface area (Å²) in [7, 11) is 1.53. The molecule has 1 saturated heterocycles. The van der Waals surface area contributed by atoms with Gasteiger partial charge in [0.1, 0.15) is 5.75 Å². The number of rotatable bonds is 6. The molecule has 0 saturated carbocycles. The first-order chi connectivity index (χ1) is 15.4. The van der Waals surface area contributed by atoms with Crippen LogP contribution in [0.1, 0.15) is 34.1 Å². The monoisotopic (exact) mass is 433 g/mol. The van der Waals surface area contributed by atoms with E-state index >= 15 is 0 Å². The molecule has 1 aliphatic heterocycles. The number of carbonyl (C=O) groups excluding carboxylic acids is 4. The van der Waals surface area contributed by atoms with Crippen molar-refractivity contribution >= 4 is 29.3 Å². The Morgan fingerprint density at radius 1 is 1.03 bits per heavy atom. The van der Waals surface area contributed by atoms with Crippen LogP contribution >= 0.6 is 0 Å². The van der Waals surface area contributed by atoms with Crippen LogP contribution < -0.4 is 9.64 Å². The molecule has 1 heterocycles. The molecule has 2 amide bonds. The Balaban J connectivity index is 1.45. The average Bonchev–Trinajstić information content (AvgIpc) is 3.08. The van der Waals surface area contributed by atoms with E-state index in [1.165, 1.54) is 19.2 Å². The van der Waals surface area contributed by atoms with Crippen LogP contribution in [-0.2, 0) is 14.3 Å². The third-order valence-corrected chi connectivity index (χ3v) is 5.96. The number of Topliss-reactive ketones (excluding diaryl/α,β-unsaturated/α-hetero) is 1. The summed E-state index contributed by atoms with van der Waals surface area (Å²) in [6.45, 7) is 1.50. The summed E-state index contributed by atoms with van der Waals surface area (Å²) >= 11 is 0. The summed E-state index contributed by atoms with van der Waals surface area (Å²) in [6.07, 6.45) is 4.43. The Morgan fingerprint density at radius 2 is 1.78 bits per heavy atom. The van der Waals surface area contributed by atoms with Crippen molar-refractivity contribution in [2.75, 3.05) is 18.6 Å². The number of fused-ring (bicyclic) bond motifs is 1. The maximum atomic E-state index is 13.0. The molecule has 0 spiro atoms. The van der Waals surface area contributed by atoms with E-state index in [0.717, 1.165) is 4.90 Å². The molecule has 4 rings (SSSR count). The number of allylic oxidation sites excluding steroid dienone is 2. The Bertz CT molecular complexity index is 1100. The standard InChI is InChI=1S/C25H23NO6/c1-15-5-3-8-20-22(15)24(29)26(23(20)28)18-7-4-6-17(13-18)25(30)32-14-21(27)16-9-11-19(31-2)12-10-16/h3-7,9-13,15,20,22H,8,14H2,1-2H3/t15-,20+,22-/m0/s1. The predicted molar refractivity (Wildman–Crippen MR) is 116 cm³/mol. The molecular weight excluding hydrogens is 410 g/mol. The summed E-state index contributed by atoms with van der Waals surface area (Å²) < 4.78 is 10.2. The van der Waals surface area contributed by atoms with Crippen molar-refractivity contribution in [1.29, 1.82) is 0 Å². The quantitative estimate of drug-likeness (QED) is 0.300. The molecular formula is C25H23NO6. The lowest BCUT2D eigenvalue weighted by molar-refractivity contribution is -0.122. The van der Waals surface area contributed by atoms with Crippen LogP contribution in [0.3, 0.4) is 0 Å². The number of carbonyl (C=O) groups is 4. The van der Waals surface area contributed by atoms with Gasteiger partial charge in [-0.25, -0.2) is 4.79 Å². The molecule has 2 aliphatic rings. The number of hydrogen-bond donors (Lipinski definition) is 0. The van der Waals surface area contributed by atoms with Crippen molar-refractivity contribution in [3.8, 4) is 5.75 Å². The smallest absolute Gasteiger partial charge is 0.338 e. The lowest BCUT2D eigenvalue weighted by Crippen LogP contribution is -2.31. The average molecular weight is 433 g/mol. The van der Waals surface area contributed by atoms with Crippen molar-refractivity contribution in [2.45, 2.75) is 13.3 Å². The second-order valence-corrected chi connectivity index (χ2v) is 7.95. The number of imide groups is 1. The van der Waals surface area contributed by atoms with Crippen molar-refractivity contribution in [2.24, 2.45) is 17.8 Å². The van der Waals surface area contributed by atoms with Gasteiger partial charge in [0.05, 0.1) is 30.2 Å². The zero-order valence-corrected chi connectivity index (χ0v) is 17.8. The van der Waals surface area contributed by atoms with Crippen molar-refractivity contribution in [3.05, 3.63) is 71.8 Å². The molecule has 7 heteroatoms. The second kappa shape index (κ2) is 8.78. The highest BCUT2D eigenvalue weighted by molar-refractivity contribution is 6.22. The molecule has 0 aromatic heterocycles. The first kappa shape index (κ1) is 21.5. The summed E-state index contributed by atoms with van der Waals surface area (Å²) in [6, 6.07) is 12.7. The lowest BCUT2D eigenvalue weighted by atomic mass is 9.78. The van der Waals surface area contributed by atoms with Crippen molar-refractivity contribution < 1.29 is 28.7 Å². The van der Waals surface area contributed by atoms with E-state index in [2.05, 4.69) is 0 Å². The minimum atomic E-state index is -0.708. The van der Waals surface area contributed by atoms with E-state index in [1.54, 1.807) is 36.4 Å². The largest absolute Gasteiger partial charge is 0.497 e. The summed E-state index contributed by atoms with van der Waals surface area (Å²) in [5.74, 6) is -1.73. The number of methoxy groups -OCH3 is 1. The Morgan fingerprint density at radius 3 is 2.47 bits per heavy atom. The second-order valence-electron chi connectivity index (χ2n) is 7.95. The van der Waals surface area contributed by atoms with E-state index < -0.39 is 12.6 Å². The Hall–Kier alpha value is -3.74. The molecule has 0 bridgehead atoms. The van der Waals surface area contributed by atoms with Crippen LogP contribution in [0.4, 0.5) is 5.69 Å². The summed E-state index contributed by atoms with van der Waals surface area (Å²) in [5.41, 5.74) is 0.884. The number of esters is 1. The van der Waals surface area contributed by atoms with E-state index in [4.69, 9.17) is 9.47 Å². The van der Waals surface area contributed by atoms with Crippen LogP contribution in [0.25, 0.3) is 0 Å². The van der Waals surface area contributed by atoms with Gasteiger partial charge < -0.3 is 9.47 Å². The molecule has 32 heavy (non-hydrogen) atoms. The van der Waals surface area contributed by atoms with Gasteiger partial charge in [0.2, 0.25) is 11.8 Å². The third-order valence-electron chi connectivity index (χ3n) is 5.96. The number of hydrogen-bond acceptors (Lipinski definition) is 6. The Kier molecular flexibility index (Phi) is 5.90. The SMILES string of the molecule is COc1ccc(C(=O)COC(=O)c2cccc(N3C(=O)[C@H]4[C@@H](C)C=CC[C@H]4C3=O)c2)cc1. The lowest BCUT2D eigenvalue weighted by Gasteiger charge is -2.22. The number of nitrogens with zero attached hydrogens (tertiary/aromatic N) is 1. The first-order valence-electron chi connectivity index (χ1n) is 10.4. The van der Waals surface area contributed by atoms with E-state index in [0.29, 0.717) is 23.4 Å². The van der Waals surface area contributed by atoms with Gasteiger partial charge in [0, 0.05) is 5.56 Å². The van der Waals surface area contributed by atoms with Crippen LogP contribution in [0.5, 0.6) is 5.75 Å². The Labute approximate surface area is 185 Å². The maximum absolute atomic E-state index is 13.0. The molecule has 1 aliphatic carbocycles. The number of amides is 2. The van der Waals surface area contributed by atoms with E-state index in [9.17, 15) is 19.2 Å². The first-order valence-corrected chi connectivity index (χ1v) is 10.4. The highest BCUT2D eigenvalue weighted by Crippen LogP contribution is 2.40. The van der Waals surface area contributed by atoms with Crippen LogP contribution in [0, 0.1) is 17.8 Å². The minimum Gasteiger partial charge on any atom is -0.497 e. The van der Waals surface area contributed by atoms with Gasteiger partial charge in [-0.2, -0.15) is 0 Å². The van der Waals surface area contributed by atoms with Crippen LogP contribution in [0.2, 0.25) is 0 Å². The van der Waals surface area contributed by atoms with Gasteiger partial charge in [-0.3, -0.25) is 19.3 Å². The molecule has 1 fully saturated rings. The van der Waals surface area contributed by atoms with Gasteiger partial charge in [-0.1, -0.05) is 25.1 Å². The van der Waals surface area contributed by atoms with Gasteiger partial charge in [-0.15, -0.1) is 0 Å². The van der Waals surface area contributed by atoms with E-state index in [-0.39, 0.29) is 40.9 Å². The molecule has 3 atom stereocenters. The molecule has 0 unspecified atom stereocenters. The zero-order chi connectivity index (χ0) is 22.8. The fourth-order valence-electron chi connectivity index (χ4n) is 4.25. The molecule has 2 aromatic rings. The summed E-state index contributed by atoms with van der Waals surface area (Å²) in [5, 5.41) is 0. The molecule has 7 nitrogen and oxygen atoms in total. The molecule has 2 aromatic carbocycles. The summed E-state index contributed by atoms with van der Waals surface area (Å²) in [4.78, 5) is 51.8. The number of ketones is 1. The van der Waals surface area contributed by atoms with Gasteiger partial charge in [-0.05, 0) is 54.8 Å². The van der Waals surface area contributed by atoms with Crippen molar-refractivity contribution in [1.82, 2.24) is 0 Å². The van der Waals surface area contributed by atoms with Crippen LogP contribution in [-0.4, -0.2) is 37.3 Å². The topological polar surface area (TPSA) is 90.0 Å². The number of anilines is 1. The van der Waals surface area contributed by atoms with E-state index in [1.807, 2.05) is 19.1 Å². The predicted octanol–water partition coefficient (Wildman–Crippen LogP) is 3.44. The number of ether oxygens (including phenoxy) is 2. The molecule has 0 radical (unpaired) electrons.